The van der Waals surface area contributed by atoms with Gasteiger partial charge in [0.1, 0.15) is 11.4 Å². The lowest BCUT2D eigenvalue weighted by molar-refractivity contribution is -0.228. The first kappa shape index (κ1) is 28.5. The molecule has 1 heterocycles. The summed E-state index contributed by atoms with van der Waals surface area (Å²) >= 11 is 0. The Labute approximate surface area is 229 Å². The van der Waals surface area contributed by atoms with Gasteiger partial charge in [0.25, 0.3) is 5.91 Å². The number of amides is 1. The largest absolute Gasteiger partial charge is 0.481 e. The lowest BCUT2D eigenvalue weighted by Gasteiger charge is -2.46. The van der Waals surface area contributed by atoms with Crippen molar-refractivity contribution in [3.63, 3.8) is 0 Å². The van der Waals surface area contributed by atoms with Gasteiger partial charge in [-0.05, 0) is 92.7 Å². The summed E-state index contributed by atoms with van der Waals surface area (Å²) in [6, 6.07) is 9.52. The smallest absolute Gasteiger partial charge is 0.426 e. The molecule has 216 valence electrons. The number of benzene rings is 2. The maximum atomic E-state index is 14.9. The van der Waals surface area contributed by atoms with Crippen LogP contribution in [0.2, 0.25) is 0 Å². The summed E-state index contributed by atoms with van der Waals surface area (Å²) in [5.41, 5.74) is -4.59. The number of carbonyl (C=O) groups is 2. The fraction of sp³-hybridized carbons (Fsp3) is 0.533. The Morgan fingerprint density at radius 1 is 1.02 bits per heavy atom. The highest BCUT2D eigenvalue weighted by molar-refractivity contribution is 5.86. The molecule has 0 aromatic heterocycles. The van der Waals surface area contributed by atoms with E-state index in [1.165, 1.54) is 24.3 Å². The van der Waals surface area contributed by atoms with Crippen LogP contribution in [-0.2, 0) is 33.5 Å². The number of carbonyl (C=O) groups excluding carboxylic acids is 1. The van der Waals surface area contributed by atoms with E-state index in [1.54, 1.807) is 17.0 Å². The van der Waals surface area contributed by atoms with Crippen LogP contribution in [0.1, 0.15) is 67.7 Å². The first-order valence-corrected chi connectivity index (χ1v) is 13.6. The normalized spacial score (nSPS) is 29.8. The summed E-state index contributed by atoms with van der Waals surface area (Å²) in [5.74, 6) is -2.49. The highest BCUT2D eigenvalue weighted by atomic mass is 19.4. The van der Waals surface area contributed by atoms with Gasteiger partial charge in [0, 0.05) is 18.0 Å². The van der Waals surface area contributed by atoms with Crippen molar-refractivity contribution in [2.75, 3.05) is 6.54 Å². The first-order chi connectivity index (χ1) is 18.7. The molecule has 2 aromatic carbocycles. The number of likely N-dealkylation sites (tertiary alicyclic amines) is 1. The third kappa shape index (κ3) is 4.67. The molecular formula is C30H32F5NO4. The second-order valence-electron chi connectivity index (χ2n) is 11.8. The lowest BCUT2D eigenvalue weighted by atomic mass is 9.63. The maximum absolute atomic E-state index is 14.9. The van der Waals surface area contributed by atoms with Gasteiger partial charge in [-0.25, -0.2) is 8.78 Å². The van der Waals surface area contributed by atoms with Crippen LogP contribution in [0.4, 0.5) is 22.0 Å². The quantitative estimate of drug-likeness (QED) is 0.463. The Bertz CT molecular complexity index is 1320. The number of alkyl halides is 4. The predicted molar refractivity (Wildman–Crippen MR) is 136 cm³/mol. The Kier molecular flexibility index (Phi) is 7.00. The molecule has 2 aromatic rings. The molecule has 40 heavy (non-hydrogen) atoms. The van der Waals surface area contributed by atoms with Crippen molar-refractivity contribution >= 4 is 11.9 Å². The SMILES string of the molecule is CC(F)(c1ccc2c(c1)CCC1N(C(=O)C3(O)CCC(C(=O)O)CC3)CCC21Cc1cccc(F)c1)C(F)(F)F. The van der Waals surface area contributed by atoms with Crippen molar-refractivity contribution in [2.45, 2.75) is 87.2 Å². The molecular weight excluding hydrogens is 533 g/mol. The van der Waals surface area contributed by atoms with E-state index in [0.29, 0.717) is 49.3 Å². The molecule has 3 aliphatic rings. The van der Waals surface area contributed by atoms with Gasteiger partial charge in [-0.1, -0.05) is 30.3 Å². The molecule has 0 spiro atoms. The molecule has 1 saturated heterocycles. The average Bonchev–Trinajstić information content (AvgIpc) is 3.26. The monoisotopic (exact) mass is 565 g/mol. The predicted octanol–water partition coefficient (Wildman–Crippen LogP) is 5.61. The van der Waals surface area contributed by atoms with Crippen molar-refractivity contribution < 1.29 is 41.8 Å². The number of carboxylic acid groups (broad SMARTS) is 1. The van der Waals surface area contributed by atoms with Crippen molar-refractivity contribution in [2.24, 2.45) is 5.92 Å². The number of aryl methyl sites for hydroxylation is 1. The molecule has 1 aliphatic heterocycles. The summed E-state index contributed by atoms with van der Waals surface area (Å²) < 4.78 is 69.4. The fourth-order valence-corrected chi connectivity index (χ4v) is 7.10. The molecule has 0 bridgehead atoms. The number of rotatable bonds is 5. The van der Waals surface area contributed by atoms with E-state index in [0.717, 1.165) is 6.07 Å². The van der Waals surface area contributed by atoms with E-state index in [9.17, 15) is 41.8 Å². The topological polar surface area (TPSA) is 77.8 Å². The zero-order valence-electron chi connectivity index (χ0n) is 22.1. The summed E-state index contributed by atoms with van der Waals surface area (Å²) in [7, 11) is 0. The summed E-state index contributed by atoms with van der Waals surface area (Å²) in [4.78, 5) is 26.8. The van der Waals surface area contributed by atoms with Gasteiger partial charge in [0.2, 0.25) is 5.67 Å². The number of hydrogen-bond acceptors (Lipinski definition) is 3. The van der Waals surface area contributed by atoms with Crippen molar-refractivity contribution in [1.29, 1.82) is 0 Å². The van der Waals surface area contributed by atoms with E-state index in [-0.39, 0.29) is 32.2 Å². The number of nitrogens with zero attached hydrogens (tertiary/aromatic N) is 1. The fourth-order valence-electron chi connectivity index (χ4n) is 7.10. The van der Waals surface area contributed by atoms with Crippen LogP contribution >= 0.6 is 0 Å². The molecule has 0 radical (unpaired) electrons. The number of hydrogen-bond donors (Lipinski definition) is 2. The van der Waals surface area contributed by atoms with Crippen molar-refractivity contribution in [1.82, 2.24) is 4.90 Å². The molecule has 2 aliphatic carbocycles. The molecule has 5 nitrogen and oxygen atoms in total. The zero-order chi connectivity index (χ0) is 29.1. The highest BCUT2D eigenvalue weighted by Gasteiger charge is 2.57. The summed E-state index contributed by atoms with van der Waals surface area (Å²) in [6.45, 7) is 0.771. The minimum absolute atomic E-state index is 0.0232. The molecule has 2 fully saturated rings. The van der Waals surface area contributed by atoms with Crippen molar-refractivity contribution in [3.05, 3.63) is 70.5 Å². The van der Waals surface area contributed by atoms with Gasteiger partial charge in [0.15, 0.2) is 0 Å². The van der Waals surface area contributed by atoms with Gasteiger partial charge in [0.05, 0.1) is 5.92 Å². The minimum Gasteiger partial charge on any atom is -0.481 e. The number of carboxylic acids is 1. The second kappa shape index (κ2) is 9.82. The number of halogens is 5. The highest BCUT2D eigenvalue weighted by Crippen LogP contribution is 2.52. The van der Waals surface area contributed by atoms with E-state index in [4.69, 9.17) is 0 Å². The van der Waals surface area contributed by atoms with Gasteiger partial charge in [-0.3, -0.25) is 9.59 Å². The molecule has 1 saturated carbocycles. The van der Waals surface area contributed by atoms with Gasteiger partial charge < -0.3 is 15.1 Å². The van der Waals surface area contributed by atoms with Crippen LogP contribution in [-0.4, -0.2) is 51.4 Å². The molecule has 3 unspecified atom stereocenters. The third-order valence-corrected chi connectivity index (χ3v) is 9.45. The Morgan fingerprint density at radius 2 is 1.73 bits per heavy atom. The van der Waals surface area contributed by atoms with Gasteiger partial charge in [-0.15, -0.1) is 0 Å². The lowest BCUT2D eigenvalue weighted by Crippen LogP contribution is -2.56. The molecule has 1 amide bonds. The maximum Gasteiger partial charge on any atom is 0.426 e. The average molecular weight is 566 g/mol. The first-order valence-electron chi connectivity index (χ1n) is 13.6. The van der Waals surface area contributed by atoms with Gasteiger partial charge in [-0.2, -0.15) is 13.2 Å². The van der Waals surface area contributed by atoms with Crippen LogP contribution < -0.4 is 0 Å². The second-order valence-corrected chi connectivity index (χ2v) is 11.8. The molecule has 10 heteroatoms. The molecule has 3 atom stereocenters. The number of aliphatic carboxylic acids is 1. The zero-order valence-corrected chi connectivity index (χ0v) is 22.1. The minimum atomic E-state index is -5.09. The van der Waals surface area contributed by atoms with Gasteiger partial charge >= 0.3 is 12.1 Å². The van der Waals surface area contributed by atoms with Crippen LogP contribution in [0.5, 0.6) is 0 Å². The summed E-state index contributed by atoms with van der Waals surface area (Å²) in [5, 5.41) is 20.6. The van der Waals surface area contributed by atoms with E-state index in [1.807, 2.05) is 0 Å². The van der Waals surface area contributed by atoms with Crippen LogP contribution in [0, 0.1) is 11.7 Å². The molecule has 5 rings (SSSR count). The van der Waals surface area contributed by atoms with Crippen LogP contribution in [0.3, 0.4) is 0 Å². The Hall–Kier alpha value is -3.01. The Morgan fingerprint density at radius 3 is 2.35 bits per heavy atom. The molecule has 2 N–H and O–H groups in total. The summed E-state index contributed by atoms with van der Waals surface area (Å²) in [6.07, 6.45) is -3.29. The van der Waals surface area contributed by atoms with E-state index in [2.05, 4.69) is 0 Å². The number of aliphatic hydroxyl groups is 1. The van der Waals surface area contributed by atoms with Crippen LogP contribution in [0.25, 0.3) is 0 Å². The number of fused-ring (bicyclic) bond motifs is 3. The standard InChI is InChI=1S/C30H32F5NO4/c1-27(32,30(33,34)35)21-6-7-23-20(16-21)5-8-24-28(23,17-18-3-2-4-22(31)15-18)13-14-36(24)26(39)29(40)11-9-19(10-12-29)25(37)38/h2-4,6-7,15-16,19,24,40H,5,8-14,17H2,1H3,(H,37,38). The van der Waals surface area contributed by atoms with E-state index < -0.39 is 58.1 Å². The van der Waals surface area contributed by atoms with Crippen LogP contribution in [0.15, 0.2) is 42.5 Å². The third-order valence-electron chi connectivity index (χ3n) is 9.45. The van der Waals surface area contributed by atoms with Crippen molar-refractivity contribution in [3.8, 4) is 0 Å². The Balaban J connectivity index is 1.52. The van der Waals surface area contributed by atoms with E-state index >= 15 is 0 Å².